The van der Waals surface area contributed by atoms with Gasteiger partial charge >= 0.3 is 5.63 Å². The van der Waals surface area contributed by atoms with Crippen molar-refractivity contribution in [1.29, 1.82) is 0 Å². The molecule has 6 nitrogen and oxygen atoms in total. The summed E-state index contributed by atoms with van der Waals surface area (Å²) in [7, 11) is 3.28. The lowest BCUT2D eigenvalue weighted by molar-refractivity contribution is 0.0968. The highest BCUT2D eigenvalue weighted by molar-refractivity contribution is 5.86. The largest absolute Gasteiger partial charge is 0.497 e. The van der Waals surface area contributed by atoms with Crippen LogP contribution in [-0.2, 0) is 13.0 Å². The number of ether oxygens (including phenoxy) is 3. The van der Waals surface area contributed by atoms with Gasteiger partial charge in [-0.3, -0.25) is 4.90 Å². The highest BCUT2D eigenvalue weighted by Crippen LogP contribution is 2.33. The molecule has 0 atom stereocenters. The van der Waals surface area contributed by atoms with E-state index in [0.29, 0.717) is 24.4 Å². The first-order chi connectivity index (χ1) is 16.1. The Kier molecular flexibility index (Phi) is 5.75. The van der Waals surface area contributed by atoms with Crippen LogP contribution in [0.25, 0.3) is 22.1 Å². The van der Waals surface area contributed by atoms with E-state index in [2.05, 4.69) is 17.0 Å². The first-order valence-electron chi connectivity index (χ1n) is 10.9. The Morgan fingerprint density at radius 1 is 0.909 bits per heavy atom. The number of benzene rings is 3. The molecule has 0 bridgehead atoms. The molecule has 3 aromatic carbocycles. The summed E-state index contributed by atoms with van der Waals surface area (Å²) in [6.07, 6.45) is 0.888. The van der Waals surface area contributed by atoms with E-state index in [9.17, 15) is 4.79 Å². The highest BCUT2D eigenvalue weighted by atomic mass is 16.5. The van der Waals surface area contributed by atoms with Gasteiger partial charge in [-0.25, -0.2) is 4.79 Å². The van der Waals surface area contributed by atoms with E-state index < -0.39 is 0 Å². The molecule has 0 saturated carbocycles. The second-order valence-corrected chi connectivity index (χ2v) is 8.06. The molecule has 33 heavy (non-hydrogen) atoms. The number of hydrogen-bond acceptors (Lipinski definition) is 6. The fraction of sp³-hybridized carbons (Fsp3) is 0.222. The van der Waals surface area contributed by atoms with Gasteiger partial charge in [-0.2, -0.15) is 0 Å². The topological polar surface area (TPSA) is 61.1 Å². The van der Waals surface area contributed by atoms with Crippen molar-refractivity contribution in [3.8, 4) is 28.4 Å². The van der Waals surface area contributed by atoms with Gasteiger partial charge in [0.15, 0.2) is 0 Å². The minimum atomic E-state index is -0.364. The molecule has 0 N–H and O–H groups in total. The van der Waals surface area contributed by atoms with Crippen LogP contribution in [0.15, 0.2) is 75.9 Å². The molecule has 0 radical (unpaired) electrons. The maximum atomic E-state index is 12.9. The Balaban J connectivity index is 1.39. The fourth-order valence-electron chi connectivity index (χ4n) is 4.13. The second kappa shape index (κ2) is 9.00. The van der Waals surface area contributed by atoms with Gasteiger partial charge in [0.25, 0.3) is 0 Å². The van der Waals surface area contributed by atoms with Crippen molar-refractivity contribution >= 4 is 11.0 Å². The Hall–Kier alpha value is -3.77. The molecule has 5 rings (SSSR count). The quantitative estimate of drug-likeness (QED) is 0.396. The lowest BCUT2D eigenvalue weighted by Gasteiger charge is -2.29. The van der Waals surface area contributed by atoms with Crippen molar-refractivity contribution in [2.45, 2.75) is 13.0 Å². The van der Waals surface area contributed by atoms with Crippen LogP contribution in [-0.4, -0.2) is 32.4 Å². The summed E-state index contributed by atoms with van der Waals surface area (Å²) in [4.78, 5) is 15.1. The van der Waals surface area contributed by atoms with E-state index in [0.717, 1.165) is 46.7 Å². The summed E-state index contributed by atoms with van der Waals surface area (Å²) in [5, 5.41) is 0.875. The Labute approximate surface area is 191 Å². The summed E-state index contributed by atoms with van der Waals surface area (Å²) in [5.74, 6) is 2.36. The van der Waals surface area contributed by atoms with Gasteiger partial charge in [0.2, 0.25) is 0 Å². The van der Waals surface area contributed by atoms with Crippen LogP contribution in [0.3, 0.4) is 0 Å². The average Bonchev–Trinajstić information content (AvgIpc) is 2.87. The first kappa shape index (κ1) is 21.1. The van der Waals surface area contributed by atoms with Gasteiger partial charge in [0.1, 0.15) is 29.6 Å². The number of methoxy groups -OCH3 is 2. The SMILES string of the molecule is COc1ccc(CCN2COc3ccc4cc(-c5ccc(OC)cc5)c(=O)oc4c3C2)cc1. The molecule has 0 unspecified atom stereocenters. The third-order valence-corrected chi connectivity index (χ3v) is 6.02. The molecule has 0 amide bonds. The average molecular weight is 443 g/mol. The molecule has 1 aromatic heterocycles. The number of nitrogens with zero attached hydrogens (tertiary/aromatic N) is 1. The minimum absolute atomic E-state index is 0.364. The lowest BCUT2D eigenvalue weighted by atomic mass is 10.0. The van der Waals surface area contributed by atoms with Crippen LogP contribution in [0.1, 0.15) is 11.1 Å². The molecule has 1 aliphatic rings. The summed E-state index contributed by atoms with van der Waals surface area (Å²) in [6.45, 7) is 1.99. The molecule has 4 aromatic rings. The van der Waals surface area contributed by atoms with E-state index >= 15 is 0 Å². The van der Waals surface area contributed by atoms with E-state index in [1.165, 1.54) is 5.56 Å². The van der Waals surface area contributed by atoms with Crippen molar-refractivity contribution in [1.82, 2.24) is 4.90 Å². The van der Waals surface area contributed by atoms with Gasteiger partial charge in [-0.05, 0) is 60.0 Å². The van der Waals surface area contributed by atoms with Crippen LogP contribution in [0.2, 0.25) is 0 Å². The molecule has 1 aliphatic heterocycles. The maximum Gasteiger partial charge on any atom is 0.344 e. The van der Waals surface area contributed by atoms with Crippen LogP contribution in [0, 0.1) is 0 Å². The van der Waals surface area contributed by atoms with Crippen LogP contribution in [0.4, 0.5) is 0 Å². The Morgan fingerprint density at radius 2 is 1.61 bits per heavy atom. The zero-order valence-corrected chi connectivity index (χ0v) is 18.7. The zero-order chi connectivity index (χ0) is 22.8. The molecule has 6 heteroatoms. The lowest BCUT2D eigenvalue weighted by Crippen LogP contribution is -2.33. The molecule has 168 valence electrons. The molecule has 0 spiro atoms. The molecule has 0 fully saturated rings. The van der Waals surface area contributed by atoms with Gasteiger partial charge < -0.3 is 18.6 Å². The third-order valence-electron chi connectivity index (χ3n) is 6.02. The highest BCUT2D eigenvalue weighted by Gasteiger charge is 2.22. The van der Waals surface area contributed by atoms with Gasteiger partial charge in [0.05, 0.1) is 25.3 Å². The summed E-state index contributed by atoms with van der Waals surface area (Å²) in [5.41, 5.74) is 3.68. The van der Waals surface area contributed by atoms with Crippen molar-refractivity contribution in [2.75, 3.05) is 27.5 Å². The predicted molar refractivity (Wildman–Crippen MR) is 127 cm³/mol. The smallest absolute Gasteiger partial charge is 0.344 e. The van der Waals surface area contributed by atoms with E-state index in [1.54, 1.807) is 14.2 Å². The van der Waals surface area contributed by atoms with E-state index in [1.807, 2.05) is 54.6 Å². The van der Waals surface area contributed by atoms with Crippen LogP contribution in [0.5, 0.6) is 17.2 Å². The zero-order valence-electron chi connectivity index (χ0n) is 18.7. The van der Waals surface area contributed by atoms with Crippen LogP contribution >= 0.6 is 0 Å². The Morgan fingerprint density at radius 3 is 2.30 bits per heavy atom. The summed E-state index contributed by atoms with van der Waals surface area (Å²) < 4.78 is 22.2. The van der Waals surface area contributed by atoms with E-state index in [-0.39, 0.29) is 5.63 Å². The standard InChI is InChI=1S/C27H25NO5/c1-30-21-8-3-18(4-9-21)13-14-28-16-24-25(32-17-28)12-7-20-15-23(27(29)33-26(20)24)19-5-10-22(31-2)11-6-19/h3-12,15H,13-14,16-17H2,1-2H3. The van der Waals surface area contributed by atoms with Gasteiger partial charge in [-0.1, -0.05) is 24.3 Å². The second-order valence-electron chi connectivity index (χ2n) is 8.06. The van der Waals surface area contributed by atoms with E-state index in [4.69, 9.17) is 18.6 Å². The van der Waals surface area contributed by atoms with Gasteiger partial charge in [0, 0.05) is 18.5 Å². The van der Waals surface area contributed by atoms with Gasteiger partial charge in [-0.15, -0.1) is 0 Å². The normalized spacial score (nSPS) is 13.4. The molecular formula is C27H25NO5. The molecule has 0 saturated heterocycles. The number of hydrogen-bond donors (Lipinski definition) is 0. The van der Waals surface area contributed by atoms with Crippen molar-refractivity contribution in [2.24, 2.45) is 0 Å². The third kappa shape index (κ3) is 4.30. The first-order valence-corrected chi connectivity index (χ1v) is 10.9. The Bertz CT molecular complexity index is 1330. The maximum absolute atomic E-state index is 12.9. The van der Waals surface area contributed by atoms with Crippen molar-refractivity contribution in [3.05, 3.63) is 88.3 Å². The fourth-order valence-corrected chi connectivity index (χ4v) is 4.13. The number of rotatable bonds is 6. The van der Waals surface area contributed by atoms with Crippen LogP contribution < -0.4 is 19.8 Å². The molecule has 2 heterocycles. The van der Waals surface area contributed by atoms with Crippen molar-refractivity contribution in [3.63, 3.8) is 0 Å². The van der Waals surface area contributed by atoms with Crippen molar-refractivity contribution < 1.29 is 18.6 Å². The number of fused-ring (bicyclic) bond motifs is 3. The minimum Gasteiger partial charge on any atom is -0.497 e. The summed E-state index contributed by atoms with van der Waals surface area (Å²) >= 11 is 0. The molecule has 0 aliphatic carbocycles. The predicted octanol–water partition coefficient (Wildman–Crippen LogP) is 4.87. The molecular weight excluding hydrogens is 418 g/mol. The summed E-state index contributed by atoms with van der Waals surface area (Å²) in [6, 6.07) is 21.3. The monoisotopic (exact) mass is 443 g/mol.